The lowest BCUT2D eigenvalue weighted by molar-refractivity contribution is 0.0783. The van der Waals surface area contributed by atoms with Gasteiger partial charge in [0.05, 0.1) is 30.1 Å². The van der Waals surface area contributed by atoms with Crippen molar-refractivity contribution in [2.45, 2.75) is 43.7 Å². The molecule has 4 rings (SSSR count). The summed E-state index contributed by atoms with van der Waals surface area (Å²) in [5, 5.41) is 12.3. The zero-order valence-electron chi connectivity index (χ0n) is 20.2. The van der Waals surface area contributed by atoms with Crippen LogP contribution in [-0.2, 0) is 4.74 Å². The Morgan fingerprint density at radius 3 is 2.53 bits per heavy atom. The van der Waals surface area contributed by atoms with Gasteiger partial charge < -0.3 is 26.6 Å². The first-order chi connectivity index (χ1) is 18.1. The minimum atomic E-state index is -0.949. The Balaban J connectivity index is 1.51. The maximum absolute atomic E-state index is 15.1. The summed E-state index contributed by atoms with van der Waals surface area (Å²) < 4.78 is 34.4. The van der Waals surface area contributed by atoms with E-state index in [2.05, 4.69) is 31.2 Å². The number of carbonyl (C=O) groups is 2. The quantitative estimate of drug-likeness (QED) is 0.319. The molecule has 1 atom stereocenters. The van der Waals surface area contributed by atoms with Crippen LogP contribution in [0, 0.1) is 11.6 Å². The standard InChI is InChI=1S/C26H26BrF2N5O4/c27-16-7-15(8-17(28)10-16)22(12-35)34-25(36)19-6-3-14(9-20(19)29)23-24(30)32-11-21(33-23)13-1-4-18(5-2-13)38-26(31)37/h3,6-11,13,18,22,35H,1-2,4-5,12H2,(H2,30,32)(H2,31,37)(H,34,36)/t13?,18?,22-/m1/s1. The maximum Gasteiger partial charge on any atom is 0.404 e. The lowest BCUT2D eigenvalue weighted by Gasteiger charge is -2.27. The van der Waals surface area contributed by atoms with E-state index < -0.39 is 36.3 Å². The Hall–Kier alpha value is -3.64. The van der Waals surface area contributed by atoms with Crippen molar-refractivity contribution in [1.82, 2.24) is 15.3 Å². The highest BCUT2D eigenvalue weighted by molar-refractivity contribution is 9.10. The predicted octanol–water partition coefficient (Wildman–Crippen LogP) is 4.35. The van der Waals surface area contributed by atoms with E-state index in [0.717, 1.165) is 6.07 Å². The van der Waals surface area contributed by atoms with Crippen molar-refractivity contribution < 1.29 is 28.2 Å². The molecule has 9 nitrogen and oxygen atoms in total. The van der Waals surface area contributed by atoms with Crippen LogP contribution in [0.15, 0.2) is 47.1 Å². The Labute approximate surface area is 225 Å². The molecular formula is C26H26BrF2N5O4. The molecule has 0 aliphatic heterocycles. The molecule has 0 bridgehead atoms. The van der Waals surface area contributed by atoms with Crippen molar-refractivity contribution in [3.63, 3.8) is 0 Å². The van der Waals surface area contributed by atoms with Crippen molar-refractivity contribution in [1.29, 1.82) is 0 Å². The number of anilines is 1. The Bertz CT molecular complexity index is 1330. The average Bonchev–Trinajstić information content (AvgIpc) is 2.87. The number of nitrogens with two attached hydrogens (primary N) is 2. The maximum atomic E-state index is 15.1. The number of carbonyl (C=O) groups excluding carboxylic acids is 2. The van der Waals surface area contributed by atoms with Crippen LogP contribution < -0.4 is 16.8 Å². The van der Waals surface area contributed by atoms with E-state index in [1.165, 1.54) is 24.3 Å². The fourth-order valence-electron chi connectivity index (χ4n) is 4.56. The molecule has 1 fully saturated rings. The molecule has 6 N–H and O–H groups in total. The smallest absolute Gasteiger partial charge is 0.404 e. The molecule has 200 valence electrons. The van der Waals surface area contributed by atoms with Crippen LogP contribution in [0.4, 0.5) is 19.4 Å². The van der Waals surface area contributed by atoms with Crippen LogP contribution in [-0.4, -0.2) is 39.8 Å². The Morgan fingerprint density at radius 2 is 1.89 bits per heavy atom. The van der Waals surface area contributed by atoms with E-state index in [1.807, 2.05) is 0 Å². The lowest BCUT2D eigenvalue weighted by atomic mass is 9.85. The summed E-state index contributed by atoms with van der Waals surface area (Å²) in [6.45, 7) is -0.517. The number of nitrogens with zero attached hydrogens (tertiary/aromatic N) is 2. The average molecular weight is 590 g/mol. The van der Waals surface area contributed by atoms with Crippen molar-refractivity contribution in [2.24, 2.45) is 5.73 Å². The van der Waals surface area contributed by atoms with E-state index in [9.17, 15) is 19.1 Å². The van der Waals surface area contributed by atoms with Gasteiger partial charge in [0, 0.05) is 16.0 Å². The second-order valence-electron chi connectivity index (χ2n) is 9.05. The van der Waals surface area contributed by atoms with Gasteiger partial charge in [0.1, 0.15) is 29.3 Å². The highest BCUT2D eigenvalue weighted by Gasteiger charge is 2.26. The number of halogens is 3. The number of hydrogen-bond donors (Lipinski definition) is 4. The number of nitrogens with one attached hydrogen (secondary N) is 1. The first-order valence-corrected chi connectivity index (χ1v) is 12.7. The largest absolute Gasteiger partial charge is 0.446 e. The summed E-state index contributed by atoms with van der Waals surface area (Å²) in [5.74, 6) is -1.99. The molecule has 1 aliphatic rings. The summed E-state index contributed by atoms with van der Waals surface area (Å²) in [4.78, 5) is 32.6. The van der Waals surface area contributed by atoms with Gasteiger partial charge in [-0.15, -0.1) is 0 Å². The number of hydrogen-bond acceptors (Lipinski definition) is 7. The van der Waals surface area contributed by atoms with E-state index in [0.29, 0.717) is 47.0 Å². The molecule has 2 amide bonds. The van der Waals surface area contributed by atoms with Crippen molar-refractivity contribution in [2.75, 3.05) is 12.3 Å². The molecule has 3 aromatic rings. The van der Waals surface area contributed by atoms with Crippen molar-refractivity contribution >= 4 is 33.7 Å². The summed E-state index contributed by atoms with van der Waals surface area (Å²) >= 11 is 3.17. The number of amides is 2. The fourth-order valence-corrected chi connectivity index (χ4v) is 5.04. The number of aromatic nitrogens is 2. The first-order valence-electron chi connectivity index (χ1n) is 11.9. The molecule has 1 heterocycles. The third kappa shape index (κ3) is 6.43. The second kappa shape index (κ2) is 11.8. The molecule has 0 saturated heterocycles. The summed E-state index contributed by atoms with van der Waals surface area (Å²) in [6, 6.07) is 6.96. The third-order valence-corrected chi connectivity index (χ3v) is 6.91. The van der Waals surface area contributed by atoms with Gasteiger partial charge in [-0.2, -0.15) is 0 Å². The minimum Gasteiger partial charge on any atom is -0.446 e. The topological polar surface area (TPSA) is 153 Å². The van der Waals surface area contributed by atoms with E-state index in [4.69, 9.17) is 16.2 Å². The molecule has 1 aromatic heterocycles. The molecule has 38 heavy (non-hydrogen) atoms. The Morgan fingerprint density at radius 1 is 1.16 bits per heavy atom. The van der Waals surface area contributed by atoms with E-state index >= 15 is 4.39 Å². The molecule has 1 aliphatic carbocycles. The van der Waals surface area contributed by atoms with Crippen molar-refractivity contribution in [3.8, 4) is 11.3 Å². The fraction of sp³-hybridized carbons (Fsp3) is 0.308. The zero-order valence-corrected chi connectivity index (χ0v) is 21.8. The van der Waals surface area contributed by atoms with Crippen LogP contribution in [0.25, 0.3) is 11.3 Å². The van der Waals surface area contributed by atoms with Gasteiger partial charge in [0.2, 0.25) is 0 Å². The number of primary amides is 1. The molecule has 0 unspecified atom stereocenters. The SMILES string of the molecule is NC(=O)OC1CCC(c2cnc(N)c(-c3ccc(C(=O)N[C@H](CO)c4cc(F)cc(Br)c4)c(F)c3)n2)CC1. The number of rotatable bonds is 7. The predicted molar refractivity (Wildman–Crippen MR) is 139 cm³/mol. The highest BCUT2D eigenvalue weighted by atomic mass is 79.9. The number of nitrogen functional groups attached to an aromatic ring is 1. The first kappa shape index (κ1) is 27.4. The summed E-state index contributed by atoms with van der Waals surface area (Å²) in [6.07, 6.45) is 3.23. The summed E-state index contributed by atoms with van der Waals surface area (Å²) in [5.41, 5.74) is 12.5. The minimum absolute atomic E-state index is 0.0581. The number of ether oxygens (including phenoxy) is 1. The summed E-state index contributed by atoms with van der Waals surface area (Å²) in [7, 11) is 0. The van der Waals surface area contributed by atoms with Gasteiger partial charge in [-0.3, -0.25) is 4.79 Å². The van der Waals surface area contributed by atoms with Crippen LogP contribution in [0.2, 0.25) is 0 Å². The van der Waals surface area contributed by atoms with Gasteiger partial charge in [0.15, 0.2) is 0 Å². The molecule has 2 aromatic carbocycles. The molecular weight excluding hydrogens is 564 g/mol. The van der Waals surface area contributed by atoms with Crippen LogP contribution in [0.3, 0.4) is 0 Å². The van der Waals surface area contributed by atoms with Gasteiger partial charge in [0.25, 0.3) is 5.91 Å². The highest BCUT2D eigenvalue weighted by Crippen LogP contribution is 2.35. The second-order valence-corrected chi connectivity index (χ2v) is 9.96. The molecule has 0 radical (unpaired) electrons. The van der Waals surface area contributed by atoms with Crippen molar-refractivity contribution in [3.05, 3.63) is 75.5 Å². The van der Waals surface area contributed by atoms with E-state index in [1.54, 1.807) is 12.3 Å². The monoisotopic (exact) mass is 589 g/mol. The normalized spacial score (nSPS) is 18.0. The lowest BCUT2D eigenvalue weighted by Crippen LogP contribution is -2.31. The number of benzene rings is 2. The van der Waals surface area contributed by atoms with Gasteiger partial charge >= 0.3 is 6.09 Å². The zero-order chi connectivity index (χ0) is 27.4. The number of aliphatic hydroxyl groups is 1. The molecule has 12 heteroatoms. The van der Waals surface area contributed by atoms with E-state index in [-0.39, 0.29) is 29.1 Å². The van der Waals surface area contributed by atoms with Crippen LogP contribution in [0.5, 0.6) is 0 Å². The van der Waals surface area contributed by atoms with Gasteiger partial charge in [-0.1, -0.05) is 22.0 Å². The van der Waals surface area contributed by atoms with Crippen LogP contribution in [0.1, 0.15) is 59.3 Å². The van der Waals surface area contributed by atoms with Gasteiger partial charge in [-0.05, 0) is 61.6 Å². The number of aliphatic hydroxyl groups excluding tert-OH is 1. The van der Waals surface area contributed by atoms with Crippen LogP contribution >= 0.6 is 15.9 Å². The molecule has 0 spiro atoms. The third-order valence-electron chi connectivity index (χ3n) is 6.46. The molecule has 1 saturated carbocycles. The Kier molecular flexibility index (Phi) is 8.52. The van der Waals surface area contributed by atoms with Gasteiger partial charge in [-0.25, -0.2) is 23.5 Å².